The third kappa shape index (κ3) is 7.08. The fraction of sp³-hybridized carbons (Fsp3) is 0.167. The maximum atomic E-state index is 12.1. The van der Waals surface area contributed by atoms with Crippen molar-refractivity contribution < 1.29 is 33.3 Å². The molecule has 3 aromatic rings. The van der Waals surface area contributed by atoms with E-state index in [0.717, 1.165) is 0 Å². The zero-order valence-electron chi connectivity index (χ0n) is 17.0. The number of hydrogen-bond donors (Lipinski definition) is 0. The normalized spacial score (nSPS) is 10.1. The molecule has 0 fully saturated rings. The van der Waals surface area contributed by atoms with Crippen molar-refractivity contribution in [1.82, 2.24) is 0 Å². The minimum Gasteiger partial charge on any atom is -0.497 e. The molecule has 0 bridgehead atoms. The second-order valence-electron chi connectivity index (χ2n) is 6.26. The van der Waals surface area contributed by atoms with Crippen LogP contribution in [-0.2, 0) is 9.53 Å². The molecule has 0 aliphatic heterocycles. The van der Waals surface area contributed by atoms with Crippen LogP contribution in [0.1, 0.15) is 10.4 Å². The van der Waals surface area contributed by atoms with E-state index >= 15 is 0 Å². The number of ether oxygens (including phenoxy) is 5. The molecule has 0 radical (unpaired) electrons. The topological polar surface area (TPSA) is 80.3 Å². The minimum absolute atomic E-state index is 0.118. The summed E-state index contributed by atoms with van der Waals surface area (Å²) in [5, 5.41) is 0. The van der Waals surface area contributed by atoms with E-state index in [2.05, 4.69) is 0 Å². The Hall–Kier alpha value is -4.00. The van der Waals surface area contributed by atoms with E-state index in [-0.39, 0.29) is 19.8 Å². The van der Waals surface area contributed by atoms with Crippen LogP contribution in [0.2, 0.25) is 0 Å². The first-order valence-electron chi connectivity index (χ1n) is 9.56. The summed E-state index contributed by atoms with van der Waals surface area (Å²) in [6.07, 6.45) is 0. The van der Waals surface area contributed by atoms with Crippen LogP contribution in [0.4, 0.5) is 0 Å². The summed E-state index contributed by atoms with van der Waals surface area (Å²) in [5.74, 6) is 1.17. The number of hydrogen-bond acceptors (Lipinski definition) is 7. The van der Waals surface area contributed by atoms with E-state index < -0.39 is 11.9 Å². The molecular weight excluding hydrogens is 400 g/mol. The third-order valence-electron chi connectivity index (χ3n) is 4.07. The molecule has 7 heteroatoms. The lowest BCUT2D eigenvalue weighted by atomic mass is 10.2. The van der Waals surface area contributed by atoms with E-state index in [0.29, 0.717) is 28.6 Å². The summed E-state index contributed by atoms with van der Waals surface area (Å²) in [6, 6.07) is 22.2. The average molecular weight is 422 g/mol. The molecule has 0 atom stereocenters. The van der Waals surface area contributed by atoms with Crippen LogP contribution in [0.5, 0.6) is 23.0 Å². The van der Waals surface area contributed by atoms with E-state index in [4.69, 9.17) is 23.7 Å². The van der Waals surface area contributed by atoms with Gasteiger partial charge in [0, 0.05) is 0 Å². The maximum Gasteiger partial charge on any atom is 0.349 e. The first-order chi connectivity index (χ1) is 15.1. The molecule has 3 aromatic carbocycles. The Morgan fingerprint density at radius 1 is 0.677 bits per heavy atom. The molecule has 3 rings (SSSR count). The Bertz CT molecular complexity index is 967. The molecule has 0 saturated carbocycles. The Morgan fingerprint density at radius 3 is 1.97 bits per heavy atom. The first-order valence-corrected chi connectivity index (χ1v) is 9.56. The van der Waals surface area contributed by atoms with Gasteiger partial charge in [-0.15, -0.1) is 0 Å². The predicted molar refractivity (Wildman–Crippen MR) is 113 cm³/mol. The molecule has 0 amide bonds. The maximum absolute atomic E-state index is 12.1. The molecule has 0 unspecified atom stereocenters. The van der Waals surface area contributed by atoms with Crippen molar-refractivity contribution in [3.63, 3.8) is 0 Å². The highest BCUT2D eigenvalue weighted by Gasteiger charge is 2.10. The molecule has 0 heterocycles. The standard InChI is InChI=1S/C24H22O7/c1-27-19-11-13-21(14-12-19)30-17-23(25)31-22-9-7-18(8-10-22)24(26)29-16-15-28-20-5-3-2-4-6-20/h2-14H,15-17H2,1H3. The van der Waals surface area contributed by atoms with Crippen LogP contribution in [0.15, 0.2) is 78.9 Å². The van der Waals surface area contributed by atoms with Crippen molar-refractivity contribution in [2.24, 2.45) is 0 Å². The van der Waals surface area contributed by atoms with Crippen LogP contribution in [0.25, 0.3) is 0 Å². The molecular formula is C24H22O7. The summed E-state index contributed by atoms with van der Waals surface area (Å²) in [7, 11) is 1.57. The molecule has 0 aliphatic carbocycles. The molecule has 31 heavy (non-hydrogen) atoms. The number of para-hydroxylation sites is 1. The van der Waals surface area contributed by atoms with Gasteiger partial charge in [0.05, 0.1) is 12.7 Å². The van der Waals surface area contributed by atoms with Crippen molar-refractivity contribution in [2.45, 2.75) is 0 Å². The molecule has 0 saturated heterocycles. The van der Waals surface area contributed by atoms with Crippen molar-refractivity contribution >= 4 is 11.9 Å². The van der Waals surface area contributed by atoms with Gasteiger partial charge in [-0.2, -0.15) is 0 Å². The lowest BCUT2D eigenvalue weighted by molar-refractivity contribution is -0.136. The Kier molecular flexibility index (Phi) is 7.88. The number of methoxy groups -OCH3 is 1. The lowest BCUT2D eigenvalue weighted by Gasteiger charge is -2.09. The summed E-state index contributed by atoms with van der Waals surface area (Å²) >= 11 is 0. The summed E-state index contributed by atoms with van der Waals surface area (Å²) in [6.45, 7) is 0.115. The Morgan fingerprint density at radius 2 is 1.29 bits per heavy atom. The number of benzene rings is 3. The number of carbonyl (C=O) groups is 2. The zero-order valence-corrected chi connectivity index (χ0v) is 17.0. The Labute approximate surface area is 180 Å². The number of esters is 2. The van der Waals surface area contributed by atoms with E-state index in [9.17, 15) is 9.59 Å². The highest BCUT2D eigenvalue weighted by molar-refractivity contribution is 5.89. The van der Waals surface area contributed by atoms with Crippen LogP contribution in [-0.4, -0.2) is 38.9 Å². The van der Waals surface area contributed by atoms with Crippen LogP contribution < -0.4 is 18.9 Å². The predicted octanol–water partition coefficient (Wildman–Crippen LogP) is 3.92. The number of rotatable bonds is 10. The van der Waals surface area contributed by atoms with Crippen LogP contribution in [0.3, 0.4) is 0 Å². The molecule has 0 spiro atoms. The van der Waals surface area contributed by atoms with Gasteiger partial charge in [-0.25, -0.2) is 9.59 Å². The van der Waals surface area contributed by atoms with Crippen molar-refractivity contribution in [3.8, 4) is 23.0 Å². The molecule has 0 aliphatic rings. The van der Waals surface area contributed by atoms with Gasteiger partial charge >= 0.3 is 11.9 Å². The second kappa shape index (κ2) is 11.3. The van der Waals surface area contributed by atoms with E-state index in [1.807, 2.05) is 30.3 Å². The fourth-order valence-corrected chi connectivity index (χ4v) is 2.53. The van der Waals surface area contributed by atoms with Gasteiger partial charge in [-0.1, -0.05) is 18.2 Å². The minimum atomic E-state index is -0.566. The smallest absolute Gasteiger partial charge is 0.349 e. The summed E-state index contributed by atoms with van der Waals surface area (Å²) in [4.78, 5) is 24.0. The van der Waals surface area contributed by atoms with E-state index in [1.165, 1.54) is 24.3 Å². The van der Waals surface area contributed by atoms with Gasteiger partial charge < -0.3 is 23.7 Å². The lowest BCUT2D eigenvalue weighted by Crippen LogP contribution is -2.17. The van der Waals surface area contributed by atoms with Gasteiger partial charge in [-0.3, -0.25) is 0 Å². The van der Waals surface area contributed by atoms with Gasteiger partial charge in [0.15, 0.2) is 6.61 Å². The van der Waals surface area contributed by atoms with Gasteiger partial charge in [0.2, 0.25) is 0 Å². The molecule has 0 aromatic heterocycles. The van der Waals surface area contributed by atoms with Gasteiger partial charge in [0.1, 0.15) is 36.2 Å². The second-order valence-corrected chi connectivity index (χ2v) is 6.26. The van der Waals surface area contributed by atoms with Crippen molar-refractivity contribution in [3.05, 3.63) is 84.4 Å². The van der Waals surface area contributed by atoms with Crippen LogP contribution >= 0.6 is 0 Å². The highest BCUT2D eigenvalue weighted by Crippen LogP contribution is 2.17. The fourth-order valence-electron chi connectivity index (χ4n) is 2.53. The molecule has 7 nitrogen and oxygen atoms in total. The van der Waals surface area contributed by atoms with Crippen molar-refractivity contribution in [1.29, 1.82) is 0 Å². The average Bonchev–Trinajstić information content (AvgIpc) is 2.82. The van der Waals surface area contributed by atoms with Gasteiger partial charge in [-0.05, 0) is 60.7 Å². The third-order valence-corrected chi connectivity index (χ3v) is 4.07. The Balaban J connectivity index is 1.39. The first kappa shape index (κ1) is 21.7. The van der Waals surface area contributed by atoms with Gasteiger partial charge in [0.25, 0.3) is 0 Å². The van der Waals surface area contributed by atoms with E-state index in [1.54, 1.807) is 31.4 Å². The van der Waals surface area contributed by atoms with Crippen molar-refractivity contribution in [2.75, 3.05) is 26.9 Å². The highest BCUT2D eigenvalue weighted by atomic mass is 16.6. The summed E-state index contributed by atoms with van der Waals surface area (Å²) < 4.78 is 26.3. The summed E-state index contributed by atoms with van der Waals surface area (Å²) in [5.41, 5.74) is 0.342. The molecule has 160 valence electrons. The zero-order chi connectivity index (χ0) is 21.9. The molecule has 0 N–H and O–H groups in total. The number of carbonyl (C=O) groups excluding carboxylic acids is 2. The van der Waals surface area contributed by atoms with Crippen LogP contribution in [0, 0.1) is 0 Å². The largest absolute Gasteiger partial charge is 0.497 e. The monoisotopic (exact) mass is 422 g/mol. The SMILES string of the molecule is COc1ccc(OCC(=O)Oc2ccc(C(=O)OCCOc3ccccc3)cc2)cc1. The quantitative estimate of drug-likeness (QED) is 0.278.